The second-order valence-corrected chi connectivity index (χ2v) is 18.7. The summed E-state index contributed by atoms with van der Waals surface area (Å²) < 4.78 is 35.9. The summed E-state index contributed by atoms with van der Waals surface area (Å²) in [4.78, 5) is 89.5. The zero-order chi connectivity index (χ0) is 52.4. The number of Topliss-reactive ketones (excluding diaryl/α,β-unsaturated/α-hetero) is 1. The molecule has 20 heteroatoms. The molecule has 0 radical (unpaired) electrons. The number of ketones is 1. The van der Waals surface area contributed by atoms with Crippen LogP contribution in [0, 0.1) is 6.92 Å². The molecule has 9 rings (SSSR count). The number of hydrogen-bond donors (Lipinski definition) is 2. The molecule has 4 aromatic heterocycles. The first-order valence-electron chi connectivity index (χ1n) is 24.4. The molecule has 6 aromatic rings. The minimum Gasteiger partial charge on any atom is -0.497 e. The van der Waals surface area contributed by atoms with E-state index in [1.807, 2.05) is 18.2 Å². The van der Waals surface area contributed by atoms with Gasteiger partial charge in [0.1, 0.15) is 29.5 Å². The van der Waals surface area contributed by atoms with Gasteiger partial charge in [-0.25, -0.2) is 14.7 Å². The summed E-state index contributed by atoms with van der Waals surface area (Å²) in [6, 6.07) is 13.3. The summed E-state index contributed by atoms with van der Waals surface area (Å²) in [6.45, 7) is 10.5. The maximum absolute atomic E-state index is 14.2. The first-order valence-corrected chi connectivity index (χ1v) is 24.4. The van der Waals surface area contributed by atoms with Crippen LogP contribution < -0.4 is 25.0 Å². The number of anilines is 3. The number of carbonyl (C=O) groups is 6. The van der Waals surface area contributed by atoms with Crippen molar-refractivity contribution < 1.29 is 52.5 Å². The topological polar surface area (TPSA) is 212 Å². The van der Waals surface area contributed by atoms with Crippen LogP contribution in [0.15, 0.2) is 98.1 Å². The highest BCUT2D eigenvalue weighted by Gasteiger charge is 2.48. The number of aryl methyl sites for hydroxylation is 4. The molecule has 3 aliphatic heterocycles. The van der Waals surface area contributed by atoms with E-state index in [4.69, 9.17) is 23.7 Å². The molecule has 2 unspecified atom stereocenters. The normalized spacial score (nSPS) is 17.4. The molecule has 7 heterocycles. The van der Waals surface area contributed by atoms with Crippen LogP contribution in [-0.2, 0) is 46.6 Å². The first-order chi connectivity index (χ1) is 35.6. The molecular weight excluding hydrogens is 951 g/mol. The van der Waals surface area contributed by atoms with E-state index in [-0.39, 0.29) is 72.5 Å². The Bertz CT molecular complexity index is 3210. The van der Waals surface area contributed by atoms with Gasteiger partial charge in [-0.3, -0.25) is 28.5 Å². The quantitative estimate of drug-likeness (QED) is 0.0523. The number of carbonyl (C=O) groups excluding carboxylic acids is 6. The van der Waals surface area contributed by atoms with Crippen molar-refractivity contribution in [3.63, 3.8) is 0 Å². The molecule has 3 atom stereocenters. The second kappa shape index (κ2) is 21.5. The van der Waals surface area contributed by atoms with Gasteiger partial charge in [0.2, 0.25) is 11.7 Å². The number of nitrogens with one attached hydrogen (secondary N) is 2. The Balaban J connectivity index is 0.802. The smallest absolute Gasteiger partial charge is 0.416 e. The third-order valence-electron chi connectivity index (χ3n) is 13.3. The average molecular weight is 1010 g/mol. The Kier molecular flexibility index (Phi) is 14.7. The fourth-order valence-corrected chi connectivity index (χ4v) is 9.72. The number of rotatable bonds is 17. The molecule has 0 bridgehead atoms. The minimum absolute atomic E-state index is 0.0515. The fraction of sp³-hybridized carbons (Fsp3) is 0.352. The number of nitrogens with zero attached hydrogens (tertiary/aromatic N) is 7. The van der Waals surface area contributed by atoms with Crippen molar-refractivity contribution in [3.05, 3.63) is 132 Å². The molecule has 2 aromatic carbocycles. The summed E-state index contributed by atoms with van der Waals surface area (Å²) in [5.74, 6) is -0.294. The molecular formula is C54H59N9O11. The van der Waals surface area contributed by atoms with Crippen LogP contribution in [0.1, 0.15) is 91.6 Å². The molecule has 3 aliphatic rings. The van der Waals surface area contributed by atoms with Crippen molar-refractivity contribution in [1.82, 2.24) is 28.2 Å². The summed E-state index contributed by atoms with van der Waals surface area (Å²) in [7, 11) is 6.65. The van der Waals surface area contributed by atoms with Gasteiger partial charge in [0.25, 0.3) is 17.7 Å². The molecule has 2 fully saturated rings. The van der Waals surface area contributed by atoms with Crippen molar-refractivity contribution in [3.8, 4) is 11.5 Å². The van der Waals surface area contributed by atoms with Crippen LogP contribution in [0.2, 0.25) is 0 Å². The lowest BCUT2D eigenvalue weighted by Gasteiger charge is -2.38. The summed E-state index contributed by atoms with van der Waals surface area (Å²) in [5, 5.41) is 6.47. The highest BCUT2D eigenvalue weighted by atomic mass is 16.7. The van der Waals surface area contributed by atoms with E-state index in [9.17, 15) is 28.8 Å². The monoisotopic (exact) mass is 1010 g/mol. The number of amides is 4. The predicted octanol–water partition coefficient (Wildman–Crippen LogP) is 7.32. The van der Waals surface area contributed by atoms with Crippen molar-refractivity contribution in [2.45, 2.75) is 70.4 Å². The van der Waals surface area contributed by atoms with Crippen molar-refractivity contribution in [1.29, 1.82) is 0 Å². The van der Waals surface area contributed by atoms with E-state index < -0.39 is 30.6 Å². The zero-order valence-corrected chi connectivity index (χ0v) is 42.1. The Labute approximate surface area is 427 Å². The molecule has 386 valence electrons. The average Bonchev–Trinajstić information content (AvgIpc) is 4.22. The van der Waals surface area contributed by atoms with Crippen LogP contribution in [0.5, 0.6) is 11.5 Å². The molecule has 20 nitrogen and oxygen atoms in total. The van der Waals surface area contributed by atoms with E-state index in [0.717, 1.165) is 23.8 Å². The molecule has 2 saturated heterocycles. The zero-order valence-electron chi connectivity index (χ0n) is 42.1. The van der Waals surface area contributed by atoms with Gasteiger partial charge in [-0.2, -0.15) is 0 Å². The number of ether oxygens (including phenoxy) is 5. The third kappa shape index (κ3) is 10.5. The Morgan fingerprint density at radius 2 is 1.76 bits per heavy atom. The molecule has 2 N–H and O–H groups in total. The highest BCUT2D eigenvalue weighted by Crippen LogP contribution is 2.41. The maximum Gasteiger partial charge on any atom is 0.416 e. The molecule has 0 saturated carbocycles. The molecule has 0 spiro atoms. The van der Waals surface area contributed by atoms with Gasteiger partial charge in [0.15, 0.2) is 24.2 Å². The second-order valence-electron chi connectivity index (χ2n) is 18.7. The minimum atomic E-state index is -0.952. The van der Waals surface area contributed by atoms with E-state index >= 15 is 0 Å². The summed E-state index contributed by atoms with van der Waals surface area (Å²) in [6.07, 6.45) is 8.91. The SMILES string of the molecule is C=CCOC(=O)N1c2cc(OCCCC(=O)Nc3cn(C)c(C(=O)Cc4cc(C(=O)Nc5cc(C(=O)n6ccc7cc(OC)ccc76)n(C)c5)n(C)c4)n3)c(C)cc2C(=O)N2CC(=C)C[C@H]2C1OC1CCCCO1. The van der Waals surface area contributed by atoms with Crippen LogP contribution in [0.4, 0.5) is 22.0 Å². The Morgan fingerprint density at radius 1 is 0.946 bits per heavy atom. The van der Waals surface area contributed by atoms with Gasteiger partial charge in [0, 0.05) is 83.4 Å². The van der Waals surface area contributed by atoms with Gasteiger partial charge in [-0.15, -0.1) is 0 Å². The molecule has 74 heavy (non-hydrogen) atoms. The molecule has 0 aliphatic carbocycles. The van der Waals surface area contributed by atoms with Crippen molar-refractivity contribution in [2.24, 2.45) is 21.1 Å². The Hall–Kier alpha value is -8.23. The summed E-state index contributed by atoms with van der Waals surface area (Å²) in [5.41, 5.74) is 4.38. The lowest BCUT2D eigenvalue weighted by Crippen LogP contribution is -2.54. The lowest BCUT2D eigenvalue weighted by atomic mass is 10.1. The number of fused-ring (bicyclic) bond motifs is 3. The van der Waals surface area contributed by atoms with E-state index in [0.29, 0.717) is 77.6 Å². The largest absolute Gasteiger partial charge is 0.497 e. The standard InChI is InChI=1S/C54H59N9O11/c1-8-18-73-54(69)63-40-27-45(33(3)22-38(40)51(67)62-28-32(2)21-43(62)53(63)74-48-13-9-10-19-72-48)71-20-11-12-47(65)56-46-31-60(6)49(57-46)44(64)24-34-23-41(58(4)29-34)50(66)55-36-26-42(59(5)30-36)52(68)61-17-16-35-25-37(70-7)14-15-39(35)61/h8,14-17,22-23,25-27,29-31,43,48,53H,1-2,9-13,18-21,24,28H2,3-7H3,(H,55,66)(H,56,65)/t43-,48?,53?/m0/s1. The van der Waals surface area contributed by atoms with Crippen LogP contribution in [0.3, 0.4) is 0 Å². The van der Waals surface area contributed by atoms with Gasteiger partial charge < -0.3 is 52.9 Å². The number of imidazole rings is 1. The van der Waals surface area contributed by atoms with Gasteiger partial charge in [0.05, 0.1) is 42.2 Å². The van der Waals surface area contributed by atoms with E-state index in [2.05, 4.69) is 28.8 Å². The van der Waals surface area contributed by atoms with E-state index in [1.54, 1.807) is 109 Å². The number of methoxy groups -OCH3 is 1. The number of aromatic nitrogens is 5. The Morgan fingerprint density at radius 3 is 2.53 bits per heavy atom. The van der Waals surface area contributed by atoms with Gasteiger partial charge >= 0.3 is 6.09 Å². The lowest BCUT2D eigenvalue weighted by molar-refractivity contribution is -0.195. The van der Waals surface area contributed by atoms with Crippen LogP contribution >= 0.6 is 0 Å². The first kappa shape index (κ1) is 50.7. The molecule has 4 amide bonds. The van der Waals surface area contributed by atoms with Gasteiger partial charge in [-0.1, -0.05) is 24.8 Å². The van der Waals surface area contributed by atoms with Gasteiger partial charge in [-0.05, 0) is 92.6 Å². The van der Waals surface area contributed by atoms with Crippen molar-refractivity contribution >= 4 is 63.6 Å². The van der Waals surface area contributed by atoms with Crippen molar-refractivity contribution in [2.75, 3.05) is 49.0 Å². The van der Waals surface area contributed by atoms with E-state index in [1.165, 1.54) is 15.5 Å². The van der Waals surface area contributed by atoms with Crippen LogP contribution in [-0.4, -0.2) is 116 Å². The fourth-order valence-electron chi connectivity index (χ4n) is 9.72. The number of benzene rings is 2. The third-order valence-corrected chi connectivity index (χ3v) is 13.3. The highest BCUT2D eigenvalue weighted by molar-refractivity contribution is 6.07. The maximum atomic E-state index is 14.2. The predicted molar refractivity (Wildman–Crippen MR) is 274 cm³/mol. The summed E-state index contributed by atoms with van der Waals surface area (Å²) >= 11 is 0. The van der Waals surface area contributed by atoms with Crippen LogP contribution in [0.25, 0.3) is 10.9 Å². The number of hydrogen-bond acceptors (Lipinski definition) is 12.